The minimum absolute atomic E-state index is 0.0844. The predicted molar refractivity (Wildman–Crippen MR) is 102 cm³/mol. The second kappa shape index (κ2) is 7.78. The van der Waals surface area contributed by atoms with Crippen molar-refractivity contribution in [1.82, 2.24) is 0 Å². The third kappa shape index (κ3) is 4.45. The van der Waals surface area contributed by atoms with Gasteiger partial charge in [-0.2, -0.15) is 0 Å². The number of carbonyl (C=O) groups is 2. The molecule has 0 aromatic rings. The highest BCUT2D eigenvalue weighted by atomic mass is 16.6. The van der Waals surface area contributed by atoms with Crippen LogP contribution in [-0.2, 0) is 23.8 Å². The molecule has 3 aliphatic rings. The van der Waals surface area contributed by atoms with Gasteiger partial charge in [0, 0.05) is 18.4 Å². The van der Waals surface area contributed by atoms with Crippen molar-refractivity contribution in [3.63, 3.8) is 0 Å². The maximum atomic E-state index is 12.3. The number of epoxide rings is 1. The van der Waals surface area contributed by atoms with Crippen molar-refractivity contribution in [3.8, 4) is 0 Å². The molecule has 0 bridgehead atoms. The highest BCUT2D eigenvalue weighted by Crippen LogP contribution is 2.48. The van der Waals surface area contributed by atoms with Gasteiger partial charge in [-0.3, -0.25) is 4.79 Å². The Hall–Kier alpha value is -1.62. The van der Waals surface area contributed by atoms with Crippen LogP contribution in [0.2, 0.25) is 0 Å². The summed E-state index contributed by atoms with van der Waals surface area (Å²) >= 11 is 0. The molecule has 1 aliphatic carbocycles. The lowest BCUT2D eigenvalue weighted by atomic mass is 9.81. The molecular formula is C22H32O5. The number of esters is 2. The molecule has 3 rings (SSSR count). The van der Waals surface area contributed by atoms with E-state index in [-0.39, 0.29) is 35.5 Å². The molecule has 0 unspecified atom stereocenters. The first-order chi connectivity index (χ1) is 12.7. The van der Waals surface area contributed by atoms with Crippen LogP contribution in [0, 0.1) is 11.8 Å². The van der Waals surface area contributed by atoms with Crippen LogP contribution in [0.3, 0.4) is 0 Å². The van der Waals surface area contributed by atoms with E-state index in [2.05, 4.69) is 33.4 Å². The number of rotatable bonds is 1. The monoisotopic (exact) mass is 376 g/mol. The maximum Gasteiger partial charge on any atom is 0.334 e. The van der Waals surface area contributed by atoms with Crippen LogP contribution in [-0.4, -0.2) is 35.9 Å². The summed E-state index contributed by atoms with van der Waals surface area (Å²) in [6, 6.07) is 0. The molecule has 2 aliphatic heterocycles. The lowest BCUT2D eigenvalue weighted by Gasteiger charge is -2.31. The standard InChI is InChI=1S/C22H32O5/c1-13-8-6-10-14(2)19(25-16(4)23)20-17(15(3)21(24)26-20)12-18-22(5,27-18)11-7-9-13/h9,14,17-20H,3,6-8,10-12H2,1-2,4-5H3/t14-,17-,18+,19+,20+,22+/m0/s1. The van der Waals surface area contributed by atoms with E-state index in [1.54, 1.807) is 0 Å². The van der Waals surface area contributed by atoms with Gasteiger partial charge in [-0.15, -0.1) is 0 Å². The number of ether oxygens (including phenoxy) is 3. The number of carbonyl (C=O) groups excluding carboxylic acids is 2. The molecule has 0 aromatic heterocycles. The molecule has 0 aromatic carbocycles. The molecular weight excluding hydrogens is 344 g/mol. The highest BCUT2D eigenvalue weighted by molar-refractivity contribution is 5.91. The van der Waals surface area contributed by atoms with E-state index in [4.69, 9.17) is 14.2 Å². The van der Waals surface area contributed by atoms with E-state index < -0.39 is 12.2 Å². The zero-order valence-corrected chi connectivity index (χ0v) is 17.0. The van der Waals surface area contributed by atoms with Gasteiger partial charge < -0.3 is 14.2 Å². The van der Waals surface area contributed by atoms with Crippen molar-refractivity contribution in [2.45, 2.75) is 90.1 Å². The molecule has 5 nitrogen and oxygen atoms in total. The largest absolute Gasteiger partial charge is 0.458 e. The average Bonchev–Trinajstić information content (AvgIpc) is 3.14. The van der Waals surface area contributed by atoms with Gasteiger partial charge in [0.25, 0.3) is 0 Å². The summed E-state index contributed by atoms with van der Waals surface area (Å²) in [5, 5.41) is 0. The maximum absolute atomic E-state index is 12.3. The Bertz CT molecular complexity index is 651. The smallest absolute Gasteiger partial charge is 0.334 e. The van der Waals surface area contributed by atoms with Crippen LogP contribution >= 0.6 is 0 Å². The lowest BCUT2D eigenvalue weighted by Crippen LogP contribution is -2.40. The van der Waals surface area contributed by atoms with Crippen molar-refractivity contribution < 1.29 is 23.8 Å². The van der Waals surface area contributed by atoms with Crippen molar-refractivity contribution in [2.24, 2.45) is 11.8 Å². The average molecular weight is 376 g/mol. The highest BCUT2D eigenvalue weighted by Gasteiger charge is 2.56. The first-order valence-corrected chi connectivity index (χ1v) is 10.1. The van der Waals surface area contributed by atoms with E-state index >= 15 is 0 Å². The summed E-state index contributed by atoms with van der Waals surface area (Å²) < 4.78 is 17.3. The Labute approximate surface area is 162 Å². The summed E-state index contributed by atoms with van der Waals surface area (Å²) in [6.07, 6.45) is 7.08. The third-order valence-corrected chi connectivity index (χ3v) is 6.40. The molecule has 0 amide bonds. The van der Waals surface area contributed by atoms with Crippen molar-refractivity contribution >= 4 is 11.9 Å². The SMILES string of the molecule is C=C1C(=O)O[C@H]2[C@H](OC(C)=O)[C@@H](C)CCCC(C)=CCC[C@@]3(C)O[C@@H]3C[C@@H]12. The van der Waals surface area contributed by atoms with Crippen LogP contribution in [0.25, 0.3) is 0 Å². The van der Waals surface area contributed by atoms with E-state index in [1.165, 1.54) is 12.5 Å². The Morgan fingerprint density at radius 1 is 1.41 bits per heavy atom. The second-order valence-electron chi connectivity index (χ2n) is 8.69. The molecule has 150 valence electrons. The fourth-order valence-corrected chi connectivity index (χ4v) is 4.52. The van der Waals surface area contributed by atoms with Crippen LogP contribution in [0.5, 0.6) is 0 Å². The molecule has 2 saturated heterocycles. The fourth-order valence-electron chi connectivity index (χ4n) is 4.52. The Morgan fingerprint density at radius 3 is 2.85 bits per heavy atom. The van der Waals surface area contributed by atoms with E-state index in [1.807, 2.05) is 0 Å². The van der Waals surface area contributed by atoms with E-state index in [0.717, 1.165) is 32.1 Å². The molecule has 2 heterocycles. The Morgan fingerprint density at radius 2 is 2.15 bits per heavy atom. The quantitative estimate of drug-likeness (QED) is 0.298. The molecule has 0 saturated carbocycles. The van der Waals surface area contributed by atoms with Gasteiger partial charge >= 0.3 is 11.9 Å². The topological polar surface area (TPSA) is 65.1 Å². The normalized spacial score (nSPS) is 40.1. The number of allylic oxidation sites excluding steroid dienone is 2. The second-order valence-corrected chi connectivity index (χ2v) is 8.69. The minimum Gasteiger partial charge on any atom is -0.458 e. The van der Waals surface area contributed by atoms with Gasteiger partial charge in [-0.1, -0.05) is 25.2 Å². The van der Waals surface area contributed by atoms with Crippen molar-refractivity contribution in [2.75, 3.05) is 0 Å². The van der Waals surface area contributed by atoms with Crippen LogP contribution in [0.15, 0.2) is 23.8 Å². The van der Waals surface area contributed by atoms with Crippen molar-refractivity contribution in [3.05, 3.63) is 23.8 Å². The van der Waals surface area contributed by atoms with E-state index in [9.17, 15) is 9.59 Å². The zero-order chi connectivity index (χ0) is 19.8. The summed E-state index contributed by atoms with van der Waals surface area (Å²) in [6.45, 7) is 11.8. The molecule has 27 heavy (non-hydrogen) atoms. The summed E-state index contributed by atoms with van der Waals surface area (Å²) in [5.74, 6) is -0.791. The number of hydrogen-bond acceptors (Lipinski definition) is 5. The first-order valence-electron chi connectivity index (χ1n) is 10.1. The van der Waals surface area contributed by atoms with Gasteiger partial charge in [-0.25, -0.2) is 4.79 Å². The van der Waals surface area contributed by atoms with Crippen LogP contribution in [0.4, 0.5) is 0 Å². The molecule has 0 N–H and O–H groups in total. The molecule has 0 radical (unpaired) electrons. The molecule has 0 spiro atoms. The summed E-state index contributed by atoms with van der Waals surface area (Å²) in [5.41, 5.74) is 1.72. The summed E-state index contributed by atoms with van der Waals surface area (Å²) in [4.78, 5) is 24.0. The predicted octanol–water partition coefficient (Wildman–Crippen LogP) is 4.11. The van der Waals surface area contributed by atoms with Crippen molar-refractivity contribution in [1.29, 1.82) is 0 Å². The van der Waals surface area contributed by atoms with Crippen LogP contribution in [0.1, 0.15) is 66.2 Å². The lowest BCUT2D eigenvalue weighted by molar-refractivity contribution is -0.165. The van der Waals surface area contributed by atoms with E-state index in [0.29, 0.717) is 12.0 Å². The first kappa shape index (κ1) is 20.1. The number of fused-ring (bicyclic) bond motifs is 2. The van der Waals surface area contributed by atoms with Crippen LogP contribution < -0.4 is 0 Å². The zero-order valence-electron chi connectivity index (χ0n) is 17.0. The Kier molecular flexibility index (Phi) is 5.80. The van der Waals surface area contributed by atoms with Gasteiger partial charge in [0.2, 0.25) is 0 Å². The van der Waals surface area contributed by atoms with Gasteiger partial charge in [0.1, 0.15) is 12.2 Å². The summed E-state index contributed by atoms with van der Waals surface area (Å²) in [7, 11) is 0. The fraction of sp³-hybridized carbons (Fsp3) is 0.727. The Balaban J connectivity index is 1.86. The third-order valence-electron chi connectivity index (χ3n) is 6.40. The molecule has 5 heteroatoms. The van der Waals surface area contributed by atoms with Gasteiger partial charge in [0.15, 0.2) is 0 Å². The van der Waals surface area contributed by atoms with Gasteiger partial charge in [0.05, 0.1) is 11.7 Å². The molecule has 6 atom stereocenters. The minimum atomic E-state index is -0.475. The molecule has 2 fully saturated rings. The number of hydrogen-bond donors (Lipinski definition) is 0. The van der Waals surface area contributed by atoms with Gasteiger partial charge in [-0.05, 0) is 58.3 Å².